The maximum absolute atomic E-state index is 12.2. The van der Waals surface area contributed by atoms with Gasteiger partial charge < -0.3 is 4.74 Å². The molecule has 0 aliphatic carbocycles. The van der Waals surface area contributed by atoms with E-state index in [2.05, 4.69) is 0 Å². The van der Waals surface area contributed by atoms with Crippen LogP contribution in [-0.2, 0) is 0 Å². The highest BCUT2D eigenvalue weighted by molar-refractivity contribution is 7.13. The zero-order valence-corrected chi connectivity index (χ0v) is 10.1. The average molecular weight is 253 g/mol. The molecule has 1 aromatic heterocycles. The molecule has 4 heteroatoms. The summed E-state index contributed by atoms with van der Waals surface area (Å²) in [6, 6.07) is 8.84. The summed E-state index contributed by atoms with van der Waals surface area (Å²) in [6.45, 7) is 0. The average Bonchev–Trinajstić information content (AvgIpc) is 2.74. The molecule has 16 heavy (non-hydrogen) atoms. The molecule has 0 saturated carbocycles. The molecule has 0 aliphatic heterocycles. The van der Waals surface area contributed by atoms with Gasteiger partial charge in [0.05, 0.1) is 22.6 Å². The largest absolute Gasteiger partial charge is 0.496 e. The molecule has 0 spiro atoms. The molecule has 0 aliphatic rings. The SMILES string of the molecule is COc1ccccc1C(=O)c1sccc1Cl. The van der Waals surface area contributed by atoms with E-state index in [1.807, 2.05) is 6.07 Å². The van der Waals surface area contributed by atoms with E-state index in [4.69, 9.17) is 16.3 Å². The predicted octanol–water partition coefficient (Wildman–Crippen LogP) is 3.64. The lowest BCUT2D eigenvalue weighted by atomic mass is 10.1. The third kappa shape index (κ3) is 1.96. The highest BCUT2D eigenvalue weighted by Crippen LogP contribution is 2.28. The van der Waals surface area contributed by atoms with Crippen LogP contribution in [0.15, 0.2) is 35.7 Å². The highest BCUT2D eigenvalue weighted by Gasteiger charge is 2.17. The lowest BCUT2D eigenvalue weighted by molar-refractivity contribution is 0.104. The van der Waals surface area contributed by atoms with E-state index in [1.165, 1.54) is 11.3 Å². The van der Waals surface area contributed by atoms with Crippen LogP contribution in [0, 0.1) is 0 Å². The van der Waals surface area contributed by atoms with Crippen LogP contribution in [0.25, 0.3) is 0 Å². The fourth-order valence-corrected chi connectivity index (χ4v) is 2.51. The van der Waals surface area contributed by atoms with Crippen molar-refractivity contribution in [2.45, 2.75) is 0 Å². The van der Waals surface area contributed by atoms with Crippen LogP contribution >= 0.6 is 22.9 Å². The van der Waals surface area contributed by atoms with Crippen molar-refractivity contribution in [3.63, 3.8) is 0 Å². The number of hydrogen-bond acceptors (Lipinski definition) is 3. The van der Waals surface area contributed by atoms with Crippen molar-refractivity contribution >= 4 is 28.7 Å². The molecule has 0 saturated heterocycles. The fraction of sp³-hybridized carbons (Fsp3) is 0.0833. The topological polar surface area (TPSA) is 26.3 Å². The Morgan fingerprint density at radius 2 is 2.06 bits per heavy atom. The number of methoxy groups -OCH3 is 1. The van der Waals surface area contributed by atoms with Crippen LogP contribution in [0.3, 0.4) is 0 Å². The first kappa shape index (κ1) is 11.2. The van der Waals surface area contributed by atoms with Crippen molar-refractivity contribution in [3.05, 3.63) is 51.2 Å². The molecule has 0 fully saturated rings. The molecular weight excluding hydrogens is 244 g/mol. The Morgan fingerprint density at radius 1 is 1.31 bits per heavy atom. The number of para-hydroxylation sites is 1. The van der Waals surface area contributed by atoms with E-state index in [9.17, 15) is 4.79 Å². The summed E-state index contributed by atoms with van der Waals surface area (Å²) in [4.78, 5) is 12.7. The number of benzene rings is 1. The minimum atomic E-state index is -0.0996. The van der Waals surface area contributed by atoms with Gasteiger partial charge in [-0.3, -0.25) is 4.79 Å². The predicted molar refractivity (Wildman–Crippen MR) is 65.8 cm³/mol. The number of halogens is 1. The molecule has 0 radical (unpaired) electrons. The van der Waals surface area contributed by atoms with Crippen LogP contribution in [-0.4, -0.2) is 12.9 Å². The van der Waals surface area contributed by atoms with Gasteiger partial charge in [0, 0.05) is 0 Å². The molecule has 0 atom stereocenters. The number of thiophene rings is 1. The number of carbonyl (C=O) groups excluding carboxylic acids is 1. The summed E-state index contributed by atoms with van der Waals surface area (Å²) in [5.41, 5.74) is 0.536. The summed E-state index contributed by atoms with van der Waals surface area (Å²) >= 11 is 7.26. The third-order valence-corrected chi connectivity index (χ3v) is 3.52. The Morgan fingerprint density at radius 3 is 2.69 bits per heavy atom. The quantitative estimate of drug-likeness (QED) is 0.780. The first-order chi connectivity index (χ1) is 7.74. The Labute approximate surface area is 102 Å². The van der Waals surface area contributed by atoms with Crippen molar-refractivity contribution in [1.82, 2.24) is 0 Å². The summed E-state index contributed by atoms with van der Waals surface area (Å²) in [5.74, 6) is 0.467. The number of hydrogen-bond donors (Lipinski definition) is 0. The van der Waals surface area contributed by atoms with Gasteiger partial charge in [-0.2, -0.15) is 0 Å². The molecule has 2 aromatic rings. The van der Waals surface area contributed by atoms with Crippen molar-refractivity contribution in [1.29, 1.82) is 0 Å². The smallest absolute Gasteiger partial charge is 0.208 e. The monoisotopic (exact) mass is 252 g/mol. The molecule has 0 amide bonds. The second-order valence-electron chi connectivity index (χ2n) is 3.13. The Hall–Kier alpha value is -1.32. The van der Waals surface area contributed by atoms with Gasteiger partial charge in [0.2, 0.25) is 5.78 Å². The first-order valence-electron chi connectivity index (χ1n) is 4.64. The molecule has 0 bridgehead atoms. The number of ether oxygens (including phenoxy) is 1. The minimum Gasteiger partial charge on any atom is -0.496 e. The molecule has 2 rings (SSSR count). The third-order valence-electron chi connectivity index (χ3n) is 2.18. The molecule has 0 N–H and O–H groups in total. The maximum Gasteiger partial charge on any atom is 0.208 e. The molecule has 82 valence electrons. The van der Waals surface area contributed by atoms with Crippen molar-refractivity contribution in [2.75, 3.05) is 7.11 Å². The Kier molecular flexibility index (Phi) is 3.27. The molecule has 0 unspecified atom stereocenters. The number of ketones is 1. The summed E-state index contributed by atoms with van der Waals surface area (Å²) in [7, 11) is 1.54. The fourth-order valence-electron chi connectivity index (χ4n) is 1.41. The number of rotatable bonds is 3. The van der Waals surface area contributed by atoms with E-state index >= 15 is 0 Å². The molecular formula is C12H9ClO2S. The normalized spacial score (nSPS) is 10.1. The van der Waals surface area contributed by atoms with E-state index in [1.54, 1.807) is 36.8 Å². The van der Waals surface area contributed by atoms with Crippen LogP contribution < -0.4 is 4.74 Å². The van der Waals surface area contributed by atoms with Crippen LogP contribution in [0.2, 0.25) is 5.02 Å². The van der Waals surface area contributed by atoms with Gasteiger partial charge in [0.15, 0.2) is 0 Å². The van der Waals surface area contributed by atoms with Crippen LogP contribution in [0.5, 0.6) is 5.75 Å². The van der Waals surface area contributed by atoms with Crippen molar-refractivity contribution in [2.24, 2.45) is 0 Å². The summed E-state index contributed by atoms with van der Waals surface area (Å²) in [5, 5.41) is 2.28. The lowest BCUT2D eigenvalue weighted by Gasteiger charge is -2.05. The second kappa shape index (κ2) is 4.68. The molecule has 1 aromatic carbocycles. The zero-order chi connectivity index (χ0) is 11.5. The Bertz CT molecular complexity index is 519. The van der Waals surface area contributed by atoms with Gasteiger partial charge in [0.25, 0.3) is 0 Å². The van der Waals surface area contributed by atoms with Gasteiger partial charge in [-0.25, -0.2) is 0 Å². The first-order valence-corrected chi connectivity index (χ1v) is 5.90. The molecule has 2 nitrogen and oxygen atoms in total. The van der Waals surface area contributed by atoms with Gasteiger partial charge in [-0.1, -0.05) is 23.7 Å². The molecule has 1 heterocycles. The van der Waals surface area contributed by atoms with E-state index in [-0.39, 0.29) is 5.78 Å². The number of carbonyl (C=O) groups is 1. The van der Waals surface area contributed by atoms with E-state index in [0.717, 1.165) is 0 Å². The lowest BCUT2D eigenvalue weighted by Crippen LogP contribution is -2.02. The zero-order valence-electron chi connectivity index (χ0n) is 8.57. The van der Waals surface area contributed by atoms with Crippen LogP contribution in [0.4, 0.5) is 0 Å². The second-order valence-corrected chi connectivity index (χ2v) is 4.45. The summed E-state index contributed by atoms with van der Waals surface area (Å²) in [6.07, 6.45) is 0. The summed E-state index contributed by atoms with van der Waals surface area (Å²) < 4.78 is 5.15. The van der Waals surface area contributed by atoms with Crippen molar-refractivity contribution in [3.8, 4) is 5.75 Å². The van der Waals surface area contributed by atoms with E-state index < -0.39 is 0 Å². The van der Waals surface area contributed by atoms with E-state index in [0.29, 0.717) is 21.2 Å². The highest BCUT2D eigenvalue weighted by atomic mass is 35.5. The van der Waals surface area contributed by atoms with Gasteiger partial charge >= 0.3 is 0 Å². The van der Waals surface area contributed by atoms with Gasteiger partial charge in [-0.15, -0.1) is 11.3 Å². The standard InChI is InChI=1S/C12H9ClO2S/c1-15-10-5-3-2-4-8(10)11(14)12-9(13)6-7-16-12/h2-7H,1H3. The minimum absolute atomic E-state index is 0.0996. The van der Waals surface area contributed by atoms with Gasteiger partial charge in [-0.05, 0) is 23.6 Å². The van der Waals surface area contributed by atoms with Crippen molar-refractivity contribution < 1.29 is 9.53 Å². The maximum atomic E-state index is 12.2. The van der Waals surface area contributed by atoms with Gasteiger partial charge in [0.1, 0.15) is 5.75 Å². The van der Waals surface area contributed by atoms with Crippen LogP contribution in [0.1, 0.15) is 15.2 Å². The Balaban J connectivity index is 2.46.